The standard InChI is InChI=1S/C23H31NO/c1-22-13-11-21-19(20(22)9-7-16(22)5-3-4-14-24)8-6-17-15-18(25)10-12-23(17,21)2/h6,8,15-16,19-21H,3-5,7,9-13H2,1-2H3/t16-,19?,20?,21?,22+,23-/m0/s1. The van der Waals surface area contributed by atoms with Crippen LogP contribution in [0.15, 0.2) is 23.8 Å². The van der Waals surface area contributed by atoms with Gasteiger partial charge in [0.15, 0.2) is 5.78 Å². The molecule has 4 rings (SSSR count). The Morgan fingerprint density at radius 3 is 2.84 bits per heavy atom. The zero-order valence-electron chi connectivity index (χ0n) is 15.8. The highest BCUT2D eigenvalue weighted by Gasteiger charge is 2.57. The molecule has 0 aromatic heterocycles. The van der Waals surface area contributed by atoms with E-state index in [1.165, 1.54) is 37.7 Å². The van der Waals surface area contributed by atoms with Crippen LogP contribution in [0.3, 0.4) is 0 Å². The second kappa shape index (κ2) is 6.11. The first-order valence-electron chi connectivity index (χ1n) is 10.3. The molecule has 0 amide bonds. The quantitative estimate of drug-likeness (QED) is 0.629. The van der Waals surface area contributed by atoms with Crippen LogP contribution in [0.25, 0.3) is 0 Å². The van der Waals surface area contributed by atoms with E-state index in [0.29, 0.717) is 29.5 Å². The predicted octanol–water partition coefficient (Wildman–Crippen LogP) is 5.60. The number of nitriles is 1. The molecule has 0 aromatic rings. The molecule has 6 atom stereocenters. The summed E-state index contributed by atoms with van der Waals surface area (Å²) < 4.78 is 0. The van der Waals surface area contributed by atoms with Gasteiger partial charge in [-0.25, -0.2) is 0 Å². The summed E-state index contributed by atoms with van der Waals surface area (Å²) in [6.45, 7) is 4.97. The summed E-state index contributed by atoms with van der Waals surface area (Å²) >= 11 is 0. The molecule has 0 aliphatic heterocycles. The zero-order chi connectivity index (χ0) is 17.7. The van der Waals surface area contributed by atoms with Gasteiger partial charge in [0.1, 0.15) is 0 Å². The van der Waals surface area contributed by atoms with Crippen molar-refractivity contribution in [2.45, 2.75) is 71.6 Å². The molecule has 0 N–H and O–H groups in total. The second-order valence-corrected chi connectivity index (χ2v) is 9.50. The van der Waals surface area contributed by atoms with Gasteiger partial charge in [0.05, 0.1) is 6.07 Å². The molecule has 0 spiro atoms. The average molecular weight is 338 g/mol. The third-order valence-corrected chi connectivity index (χ3v) is 8.55. The third kappa shape index (κ3) is 2.54. The molecule has 4 aliphatic rings. The van der Waals surface area contributed by atoms with Gasteiger partial charge in [-0.3, -0.25) is 4.79 Å². The van der Waals surface area contributed by atoms with Crippen LogP contribution in [0.5, 0.6) is 0 Å². The Labute approximate surface area is 152 Å². The highest BCUT2D eigenvalue weighted by Crippen LogP contribution is 2.65. The number of carbonyl (C=O) groups is 1. The number of hydrogen-bond donors (Lipinski definition) is 0. The second-order valence-electron chi connectivity index (χ2n) is 9.50. The van der Waals surface area contributed by atoms with Gasteiger partial charge in [0.2, 0.25) is 0 Å². The smallest absolute Gasteiger partial charge is 0.156 e. The average Bonchev–Trinajstić information content (AvgIpc) is 2.92. The summed E-state index contributed by atoms with van der Waals surface area (Å²) in [6.07, 6.45) is 16.8. The van der Waals surface area contributed by atoms with Crippen molar-refractivity contribution in [1.29, 1.82) is 5.26 Å². The molecule has 25 heavy (non-hydrogen) atoms. The van der Waals surface area contributed by atoms with Crippen molar-refractivity contribution in [3.05, 3.63) is 23.8 Å². The molecule has 0 heterocycles. The topological polar surface area (TPSA) is 40.9 Å². The zero-order valence-corrected chi connectivity index (χ0v) is 15.8. The van der Waals surface area contributed by atoms with Gasteiger partial charge in [0, 0.05) is 12.8 Å². The van der Waals surface area contributed by atoms with Crippen molar-refractivity contribution in [3.63, 3.8) is 0 Å². The van der Waals surface area contributed by atoms with E-state index < -0.39 is 0 Å². The van der Waals surface area contributed by atoms with Gasteiger partial charge in [-0.1, -0.05) is 26.0 Å². The van der Waals surface area contributed by atoms with Crippen molar-refractivity contribution in [3.8, 4) is 6.07 Å². The van der Waals surface area contributed by atoms with Gasteiger partial charge in [-0.2, -0.15) is 5.26 Å². The van der Waals surface area contributed by atoms with Gasteiger partial charge in [-0.15, -0.1) is 0 Å². The summed E-state index contributed by atoms with van der Waals surface area (Å²) in [5.41, 5.74) is 1.98. The largest absolute Gasteiger partial charge is 0.295 e. The van der Waals surface area contributed by atoms with Crippen LogP contribution in [0.2, 0.25) is 0 Å². The van der Waals surface area contributed by atoms with E-state index in [9.17, 15) is 4.79 Å². The molecule has 2 heteroatoms. The number of unbranched alkanes of at least 4 members (excludes halogenated alkanes) is 1. The van der Waals surface area contributed by atoms with Gasteiger partial charge in [0.25, 0.3) is 0 Å². The van der Waals surface area contributed by atoms with E-state index in [1.807, 2.05) is 6.08 Å². The number of hydrogen-bond acceptors (Lipinski definition) is 2. The fraction of sp³-hybridized carbons (Fsp3) is 0.739. The summed E-state index contributed by atoms with van der Waals surface area (Å²) in [5.74, 6) is 3.32. The van der Waals surface area contributed by atoms with Gasteiger partial charge >= 0.3 is 0 Å². The highest BCUT2D eigenvalue weighted by atomic mass is 16.1. The Morgan fingerprint density at radius 1 is 1.20 bits per heavy atom. The maximum atomic E-state index is 11.9. The summed E-state index contributed by atoms with van der Waals surface area (Å²) in [6, 6.07) is 2.32. The molecule has 134 valence electrons. The maximum Gasteiger partial charge on any atom is 0.156 e. The number of ketones is 1. The van der Waals surface area contributed by atoms with E-state index in [2.05, 4.69) is 32.1 Å². The molecule has 2 nitrogen and oxygen atoms in total. The van der Waals surface area contributed by atoms with Crippen LogP contribution in [-0.2, 0) is 4.79 Å². The normalized spacial score (nSPS) is 45.2. The van der Waals surface area contributed by atoms with Gasteiger partial charge in [-0.05, 0) is 91.1 Å². The summed E-state index contributed by atoms with van der Waals surface area (Å²) in [4.78, 5) is 11.9. The van der Waals surface area contributed by atoms with Crippen LogP contribution >= 0.6 is 0 Å². The summed E-state index contributed by atoms with van der Waals surface area (Å²) in [5, 5.41) is 8.86. The molecule has 0 bridgehead atoms. The van der Waals surface area contributed by atoms with Crippen molar-refractivity contribution in [2.24, 2.45) is 34.5 Å². The first-order valence-corrected chi connectivity index (χ1v) is 10.3. The molecular formula is C23H31NO. The maximum absolute atomic E-state index is 11.9. The first-order chi connectivity index (χ1) is 12.0. The lowest BCUT2D eigenvalue weighted by atomic mass is 9.48. The van der Waals surface area contributed by atoms with Crippen molar-refractivity contribution < 1.29 is 4.79 Å². The fourth-order valence-corrected chi connectivity index (χ4v) is 7.01. The minimum absolute atomic E-state index is 0.216. The van der Waals surface area contributed by atoms with E-state index in [4.69, 9.17) is 5.26 Å². The first kappa shape index (κ1) is 17.1. The van der Waals surface area contributed by atoms with E-state index in [0.717, 1.165) is 31.1 Å². The Hall–Kier alpha value is -1.36. The van der Waals surface area contributed by atoms with Crippen LogP contribution < -0.4 is 0 Å². The summed E-state index contributed by atoms with van der Waals surface area (Å²) in [7, 11) is 0. The number of nitrogens with zero attached hydrogens (tertiary/aromatic N) is 1. The molecule has 2 fully saturated rings. The molecule has 2 saturated carbocycles. The Morgan fingerprint density at radius 2 is 2.04 bits per heavy atom. The monoisotopic (exact) mass is 337 g/mol. The van der Waals surface area contributed by atoms with Gasteiger partial charge < -0.3 is 0 Å². The minimum atomic E-state index is 0.216. The van der Waals surface area contributed by atoms with Crippen molar-refractivity contribution >= 4 is 5.78 Å². The van der Waals surface area contributed by atoms with Crippen LogP contribution in [0, 0.1) is 45.8 Å². The molecule has 3 unspecified atom stereocenters. The Bertz CT molecular complexity index is 668. The molecule has 4 aliphatic carbocycles. The third-order valence-electron chi connectivity index (χ3n) is 8.55. The predicted molar refractivity (Wildman–Crippen MR) is 99.6 cm³/mol. The van der Waals surface area contributed by atoms with E-state index in [1.54, 1.807) is 0 Å². The van der Waals surface area contributed by atoms with Crippen molar-refractivity contribution in [1.82, 2.24) is 0 Å². The molecule has 0 saturated heterocycles. The van der Waals surface area contributed by atoms with Crippen LogP contribution in [0.1, 0.15) is 71.6 Å². The molecule has 0 radical (unpaired) electrons. The lowest BCUT2D eigenvalue weighted by Gasteiger charge is -2.56. The number of carbonyl (C=O) groups excluding carboxylic acids is 1. The number of fused-ring (bicyclic) bond motifs is 5. The molecule has 0 aromatic carbocycles. The van der Waals surface area contributed by atoms with Crippen LogP contribution in [0.4, 0.5) is 0 Å². The van der Waals surface area contributed by atoms with E-state index >= 15 is 0 Å². The SMILES string of the molecule is C[C@]12CCC(=O)C=C1C=CC1C2CC[C@@]2(C)C1CC[C@@H]2CCCC#N. The minimum Gasteiger partial charge on any atom is -0.295 e. The van der Waals surface area contributed by atoms with Crippen LogP contribution in [-0.4, -0.2) is 5.78 Å². The lowest BCUT2D eigenvalue weighted by molar-refractivity contribution is -0.116. The Kier molecular flexibility index (Phi) is 4.18. The van der Waals surface area contributed by atoms with E-state index in [-0.39, 0.29) is 5.41 Å². The van der Waals surface area contributed by atoms with Crippen molar-refractivity contribution in [2.75, 3.05) is 0 Å². The fourth-order valence-electron chi connectivity index (χ4n) is 7.01. The number of rotatable bonds is 3. The lowest BCUT2D eigenvalue weighted by Crippen LogP contribution is -2.48. The Balaban J connectivity index is 1.60. The highest BCUT2D eigenvalue weighted by molar-refractivity contribution is 5.92. The molecular weight excluding hydrogens is 306 g/mol. The number of allylic oxidation sites excluding steroid dienone is 4.